The van der Waals surface area contributed by atoms with Gasteiger partial charge in [0.1, 0.15) is 0 Å². The summed E-state index contributed by atoms with van der Waals surface area (Å²) in [5, 5.41) is 4.25. The fourth-order valence-corrected chi connectivity index (χ4v) is 1.62. The van der Waals surface area contributed by atoms with Gasteiger partial charge in [-0.25, -0.2) is 0 Å². The topological polar surface area (TPSA) is 21.3 Å². The van der Waals surface area contributed by atoms with Crippen molar-refractivity contribution >= 4 is 11.6 Å². The van der Waals surface area contributed by atoms with Crippen LogP contribution in [0.25, 0.3) is 0 Å². The van der Waals surface area contributed by atoms with Crippen LogP contribution in [0.1, 0.15) is 33.3 Å². The van der Waals surface area contributed by atoms with E-state index in [2.05, 4.69) is 33.0 Å². The van der Waals surface area contributed by atoms with Gasteiger partial charge in [-0.3, -0.25) is 0 Å². The molecule has 0 radical (unpaired) electrons. The summed E-state index contributed by atoms with van der Waals surface area (Å²) < 4.78 is 5.70. The molecule has 2 nitrogen and oxygen atoms in total. The smallest absolute Gasteiger partial charge is 0.0717 e. The van der Waals surface area contributed by atoms with Gasteiger partial charge in [0, 0.05) is 17.1 Å². The molecule has 0 amide bonds. The van der Waals surface area contributed by atoms with Gasteiger partial charge in [0.05, 0.1) is 13.2 Å². The second-order valence-corrected chi connectivity index (χ2v) is 6.31. The van der Waals surface area contributed by atoms with Crippen molar-refractivity contribution < 1.29 is 4.74 Å². The lowest BCUT2D eigenvalue weighted by atomic mass is 10.1. The molecule has 0 saturated heterocycles. The molecule has 0 spiro atoms. The second kappa shape index (κ2) is 7.13. The Morgan fingerprint density at radius 1 is 1.22 bits per heavy atom. The molecule has 1 rings (SSSR count). The highest BCUT2D eigenvalue weighted by Gasteiger charge is 2.11. The van der Waals surface area contributed by atoms with Crippen LogP contribution in [0.15, 0.2) is 24.3 Å². The highest BCUT2D eigenvalue weighted by molar-refractivity contribution is 6.30. The maximum absolute atomic E-state index is 5.83. The first-order valence-electron chi connectivity index (χ1n) is 6.44. The molecule has 1 aromatic carbocycles. The summed E-state index contributed by atoms with van der Waals surface area (Å²) in [6.45, 7) is 11.1. The van der Waals surface area contributed by atoms with Crippen molar-refractivity contribution in [3.05, 3.63) is 34.9 Å². The average molecular weight is 270 g/mol. The standard InChI is InChI=1S/C15H24ClNO/c1-12(9-17-15(2,3)4)10-18-11-13-5-7-14(16)8-6-13/h5-8,12,17H,9-11H2,1-4H3. The largest absolute Gasteiger partial charge is 0.376 e. The van der Waals surface area contributed by atoms with Crippen LogP contribution < -0.4 is 5.32 Å². The molecule has 18 heavy (non-hydrogen) atoms. The third-order valence-electron chi connectivity index (χ3n) is 2.57. The van der Waals surface area contributed by atoms with Gasteiger partial charge >= 0.3 is 0 Å². The second-order valence-electron chi connectivity index (χ2n) is 5.88. The van der Waals surface area contributed by atoms with E-state index in [0.29, 0.717) is 12.5 Å². The van der Waals surface area contributed by atoms with Crippen LogP contribution in [-0.4, -0.2) is 18.7 Å². The summed E-state index contributed by atoms with van der Waals surface area (Å²) in [5.41, 5.74) is 1.33. The summed E-state index contributed by atoms with van der Waals surface area (Å²) in [7, 11) is 0. The SMILES string of the molecule is CC(CNC(C)(C)C)COCc1ccc(Cl)cc1. The first kappa shape index (κ1) is 15.5. The van der Waals surface area contributed by atoms with E-state index in [9.17, 15) is 0 Å². The Hall–Kier alpha value is -0.570. The van der Waals surface area contributed by atoms with E-state index in [4.69, 9.17) is 16.3 Å². The lowest BCUT2D eigenvalue weighted by Gasteiger charge is -2.23. The van der Waals surface area contributed by atoms with Crippen LogP contribution in [0.3, 0.4) is 0 Å². The summed E-state index contributed by atoms with van der Waals surface area (Å²) in [5.74, 6) is 0.511. The molecule has 1 N–H and O–H groups in total. The van der Waals surface area contributed by atoms with Gasteiger partial charge in [-0.2, -0.15) is 0 Å². The molecule has 0 aliphatic rings. The van der Waals surface area contributed by atoms with Crippen molar-refractivity contribution in [2.24, 2.45) is 5.92 Å². The van der Waals surface area contributed by atoms with Crippen molar-refractivity contribution in [3.63, 3.8) is 0 Å². The minimum Gasteiger partial charge on any atom is -0.376 e. The average Bonchev–Trinajstić information content (AvgIpc) is 2.28. The molecule has 0 aromatic heterocycles. The first-order valence-corrected chi connectivity index (χ1v) is 6.82. The maximum Gasteiger partial charge on any atom is 0.0717 e. The lowest BCUT2D eigenvalue weighted by Crippen LogP contribution is -2.39. The zero-order chi connectivity index (χ0) is 13.6. The molecule has 0 aliphatic carbocycles. The van der Waals surface area contributed by atoms with Crippen molar-refractivity contribution in [2.75, 3.05) is 13.2 Å². The third-order valence-corrected chi connectivity index (χ3v) is 2.82. The summed E-state index contributed by atoms with van der Waals surface area (Å²) in [6, 6.07) is 7.79. The van der Waals surface area contributed by atoms with E-state index in [1.807, 2.05) is 24.3 Å². The normalized spacial score (nSPS) is 13.6. The number of hydrogen-bond donors (Lipinski definition) is 1. The Morgan fingerprint density at radius 2 is 1.83 bits per heavy atom. The molecular formula is C15H24ClNO. The molecule has 0 aliphatic heterocycles. The van der Waals surface area contributed by atoms with Gasteiger partial charge < -0.3 is 10.1 Å². The summed E-state index contributed by atoms with van der Waals surface area (Å²) in [4.78, 5) is 0. The number of rotatable bonds is 6. The monoisotopic (exact) mass is 269 g/mol. The summed E-state index contributed by atoms with van der Waals surface area (Å²) in [6.07, 6.45) is 0. The molecular weight excluding hydrogens is 246 g/mol. The van der Waals surface area contributed by atoms with Crippen molar-refractivity contribution in [1.82, 2.24) is 5.32 Å². The minimum atomic E-state index is 0.171. The first-order chi connectivity index (χ1) is 8.37. The fourth-order valence-electron chi connectivity index (χ4n) is 1.50. The minimum absolute atomic E-state index is 0.171. The Bertz CT molecular complexity index is 343. The molecule has 1 atom stereocenters. The molecule has 0 saturated carbocycles. The van der Waals surface area contributed by atoms with E-state index >= 15 is 0 Å². The van der Waals surface area contributed by atoms with E-state index in [0.717, 1.165) is 23.7 Å². The van der Waals surface area contributed by atoms with Crippen LogP contribution in [0.2, 0.25) is 5.02 Å². The van der Waals surface area contributed by atoms with Gasteiger partial charge in [0.15, 0.2) is 0 Å². The Kier molecular flexibility index (Phi) is 6.13. The number of nitrogens with one attached hydrogen (secondary N) is 1. The van der Waals surface area contributed by atoms with E-state index in [-0.39, 0.29) is 5.54 Å². The predicted octanol–water partition coefficient (Wildman–Crippen LogP) is 3.88. The maximum atomic E-state index is 5.83. The highest BCUT2D eigenvalue weighted by Crippen LogP contribution is 2.10. The Morgan fingerprint density at radius 3 is 2.39 bits per heavy atom. The summed E-state index contributed by atoms with van der Waals surface area (Å²) >= 11 is 5.83. The zero-order valence-electron chi connectivity index (χ0n) is 11.8. The van der Waals surface area contributed by atoms with E-state index in [1.165, 1.54) is 0 Å². The predicted molar refractivity (Wildman–Crippen MR) is 78.0 cm³/mol. The molecule has 1 aromatic rings. The van der Waals surface area contributed by atoms with Crippen molar-refractivity contribution in [3.8, 4) is 0 Å². The third kappa shape index (κ3) is 7.00. The van der Waals surface area contributed by atoms with Gasteiger partial charge in [-0.15, -0.1) is 0 Å². The highest BCUT2D eigenvalue weighted by atomic mass is 35.5. The quantitative estimate of drug-likeness (QED) is 0.846. The van der Waals surface area contributed by atoms with Crippen LogP contribution in [-0.2, 0) is 11.3 Å². The van der Waals surface area contributed by atoms with Gasteiger partial charge in [0.25, 0.3) is 0 Å². The molecule has 0 heterocycles. The Labute approximate surface area is 116 Å². The Balaban J connectivity index is 2.19. The van der Waals surface area contributed by atoms with Crippen LogP contribution >= 0.6 is 11.6 Å². The zero-order valence-corrected chi connectivity index (χ0v) is 12.6. The van der Waals surface area contributed by atoms with Crippen molar-refractivity contribution in [1.29, 1.82) is 0 Å². The fraction of sp³-hybridized carbons (Fsp3) is 0.600. The molecule has 1 unspecified atom stereocenters. The number of benzene rings is 1. The molecule has 102 valence electrons. The van der Waals surface area contributed by atoms with Crippen LogP contribution in [0, 0.1) is 5.92 Å². The number of hydrogen-bond acceptors (Lipinski definition) is 2. The van der Waals surface area contributed by atoms with Gasteiger partial charge in [-0.05, 0) is 44.4 Å². The van der Waals surface area contributed by atoms with Crippen LogP contribution in [0.4, 0.5) is 0 Å². The number of halogens is 1. The van der Waals surface area contributed by atoms with Gasteiger partial charge in [0.2, 0.25) is 0 Å². The number of ether oxygens (including phenoxy) is 1. The van der Waals surface area contributed by atoms with E-state index < -0.39 is 0 Å². The lowest BCUT2D eigenvalue weighted by molar-refractivity contribution is 0.0898. The van der Waals surface area contributed by atoms with E-state index in [1.54, 1.807) is 0 Å². The molecule has 0 fully saturated rings. The van der Waals surface area contributed by atoms with Gasteiger partial charge in [-0.1, -0.05) is 30.7 Å². The van der Waals surface area contributed by atoms with Crippen molar-refractivity contribution in [2.45, 2.75) is 39.8 Å². The molecule has 3 heteroatoms. The molecule has 0 bridgehead atoms. The van der Waals surface area contributed by atoms with Crippen LogP contribution in [0.5, 0.6) is 0 Å².